The average Bonchev–Trinajstić information content (AvgIpc) is 2.80. The Morgan fingerprint density at radius 2 is 1.52 bits per heavy atom. The molecule has 31 heavy (non-hydrogen) atoms. The van der Waals surface area contributed by atoms with Crippen molar-refractivity contribution in [1.29, 1.82) is 0 Å². The lowest BCUT2D eigenvalue weighted by molar-refractivity contribution is 0.0179. The summed E-state index contributed by atoms with van der Waals surface area (Å²) in [6.07, 6.45) is 0. The topological polar surface area (TPSA) is 80.3 Å². The summed E-state index contributed by atoms with van der Waals surface area (Å²) in [6.45, 7) is 6.20. The molecule has 0 saturated carbocycles. The molecule has 0 amide bonds. The van der Waals surface area contributed by atoms with Crippen LogP contribution in [0.25, 0.3) is 11.1 Å². The van der Waals surface area contributed by atoms with Gasteiger partial charge in [-0.2, -0.15) is 0 Å². The van der Waals surface area contributed by atoms with Crippen molar-refractivity contribution in [2.45, 2.75) is 4.90 Å². The smallest absolute Gasteiger partial charge is 0.262 e. The van der Waals surface area contributed by atoms with Crippen LogP contribution in [-0.4, -0.2) is 85.8 Å². The number of nitrogens with one attached hydrogen (secondary N) is 1. The van der Waals surface area contributed by atoms with Gasteiger partial charge in [-0.05, 0) is 48.5 Å². The van der Waals surface area contributed by atoms with Gasteiger partial charge in [-0.1, -0.05) is 29.2 Å². The van der Waals surface area contributed by atoms with Crippen LogP contribution in [-0.2, 0) is 19.6 Å². The number of ether oxygens (including phenoxy) is 2. The van der Waals surface area contributed by atoms with E-state index in [1.165, 1.54) is 0 Å². The predicted octanol–water partition coefficient (Wildman–Crippen LogP) is 0.754. The van der Waals surface area contributed by atoms with Gasteiger partial charge in [-0.25, -0.2) is 8.42 Å². The van der Waals surface area contributed by atoms with Gasteiger partial charge < -0.3 is 14.3 Å². The summed E-state index contributed by atoms with van der Waals surface area (Å²) in [7, 11) is -0.00362. The van der Waals surface area contributed by atoms with Gasteiger partial charge in [0.05, 0.1) is 31.8 Å². The molecule has 8 nitrogen and oxygen atoms in total. The second-order valence-corrected chi connectivity index (χ2v) is 9.09. The highest BCUT2D eigenvalue weighted by atomic mass is 32.2. The van der Waals surface area contributed by atoms with Crippen LogP contribution in [0.15, 0.2) is 53.4 Å². The molecular weight excluding hydrogens is 417 g/mol. The minimum absolute atomic E-state index is 0.140. The highest BCUT2D eigenvalue weighted by Gasteiger charge is 2.15. The first kappa shape index (κ1) is 23.7. The van der Waals surface area contributed by atoms with Crippen molar-refractivity contribution in [3.8, 4) is 16.9 Å². The van der Waals surface area contributed by atoms with Gasteiger partial charge in [-0.3, -0.25) is 9.74 Å². The Bertz CT molecular complexity index is 902. The molecule has 1 heterocycles. The largest absolute Gasteiger partial charge is 0.497 e. The van der Waals surface area contributed by atoms with E-state index in [-0.39, 0.29) is 11.5 Å². The van der Waals surface area contributed by atoms with Crippen molar-refractivity contribution in [1.82, 2.24) is 14.6 Å². The summed E-state index contributed by atoms with van der Waals surface area (Å²) in [5, 5.41) is 0. The summed E-state index contributed by atoms with van der Waals surface area (Å²) >= 11 is 0. The maximum atomic E-state index is 12.4. The molecule has 168 valence electrons. The molecule has 1 aliphatic heterocycles. The second-order valence-electron chi connectivity index (χ2n) is 7.45. The Hall–Kier alpha value is -1.95. The third kappa shape index (κ3) is 7.31. The van der Waals surface area contributed by atoms with Crippen LogP contribution in [0, 0.1) is 0 Å². The number of rotatable bonds is 11. The lowest BCUT2D eigenvalue weighted by Crippen LogP contribution is -2.46. The molecule has 1 saturated heterocycles. The Morgan fingerprint density at radius 3 is 2.13 bits per heavy atom. The second kappa shape index (κ2) is 11.6. The lowest BCUT2D eigenvalue weighted by atomic mass is 10.1. The minimum atomic E-state index is -3.75. The monoisotopic (exact) mass is 447 g/mol. The molecule has 0 aromatic heterocycles. The van der Waals surface area contributed by atoms with Crippen molar-refractivity contribution >= 4 is 18.0 Å². The maximum absolute atomic E-state index is 12.4. The number of nitrogens with zero attached hydrogens (tertiary/aromatic N) is 2. The summed E-state index contributed by atoms with van der Waals surface area (Å²) in [5.74, 6) is 0.771. The summed E-state index contributed by atoms with van der Waals surface area (Å²) in [5.41, 5.74) is 1.89. The first-order chi connectivity index (χ1) is 15.0. The average molecular weight is 447 g/mol. The van der Waals surface area contributed by atoms with Crippen LogP contribution >= 0.6 is 0 Å². The van der Waals surface area contributed by atoms with E-state index in [4.69, 9.17) is 14.3 Å². The van der Waals surface area contributed by atoms with Crippen LogP contribution < -0.4 is 9.62 Å². The van der Waals surface area contributed by atoms with E-state index in [0.29, 0.717) is 13.2 Å². The zero-order valence-corrected chi connectivity index (χ0v) is 18.9. The highest BCUT2D eigenvalue weighted by Crippen LogP contribution is 2.23. The molecule has 0 unspecified atom stereocenters. The van der Waals surface area contributed by atoms with Gasteiger partial charge in [0.1, 0.15) is 5.75 Å². The first-order valence-electron chi connectivity index (χ1n) is 10.3. The van der Waals surface area contributed by atoms with Gasteiger partial charge in [0.25, 0.3) is 10.0 Å². The van der Waals surface area contributed by atoms with Crippen LogP contribution in [0.5, 0.6) is 5.75 Å². The Kier molecular flexibility index (Phi) is 8.88. The highest BCUT2D eigenvalue weighted by molar-refractivity contribution is 7.89. The van der Waals surface area contributed by atoms with Crippen molar-refractivity contribution in [2.75, 3.05) is 59.7 Å². The van der Waals surface area contributed by atoms with E-state index in [1.807, 2.05) is 24.3 Å². The molecule has 2 aromatic carbocycles. The van der Waals surface area contributed by atoms with Gasteiger partial charge in [0.2, 0.25) is 0 Å². The SMILES string of the molecule is BN1CCN(CCOCCONS(=O)(=O)c2ccc(-c3ccc(OC)cc3)cc2)CC1. The van der Waals surface area contributed by atoms with Gasteiger partial charge in [0, 0.05) is 19.6 Å². The van der Waals surface area contributed by atoms with Crippen molar-refractivity contribution < 1.29 is 22.7 Å². The van der Waals surface area contributed by atoms with E-state index in [9.17, 15) is 8.42 Å². The van der Waals surface area contributed by atoms with E-state index in [0.717, 1.165) is 49.6 Å². The molecule has 1 aliphatic rings. The minimum Gasteiger partial charge on any atom is -0.497 e. The third-order valence-electron chi connectivity index (χ3n) is 5.23. The van der Waals surface area contributed by atoms with Gasteiger partial charge >= 0.3 is 0 Å². The molecule has 1 N–H and O–H groups in total. The number of piperazine rings is 1. The molecule has 2 aromatic rings. The molecule has 0 spiro atoms. The van der Waals surface area contributed by atoms with Gasteiger partial charge in [-0.15, -0.1) is 0 Å². The Morgan fingerprint density at radius 1 is 0.903 bits per heavy atom. The number of hydrogen-bond donors (Lipinski definition) is 1. The summed E-state index contributed by atoms with van der Waals surface area (Å²) < 4.78 is 35.5. The summed E-state index contributed by atoms with van der Waals surface area (Å²) in [4.78, 5) is 12.1. The first-order valence-corrected chi connectivity index (χ1v) is 11.8. The van der Waals surface area contributed by atoms with Crippen molar-refractivity contribution in [2.24, 2.45) is 0 Å². The quantitative estimate of drug-likeness (QED) is 0.310. The molecule has 0 atom stereocenters. The summed E-state index contributed by atoms with van der Waals surface area (Å²) in [6, 6.07) is 14.2. The van der Waals surface area contributed by atoms with Crippen LogP contribution in [0.3, 0.4) is 0 Å². The zero-order chi connectivity index (χ0) is 22.1. The van der Waals surface area contributed by atoms with Crippen molar-refractivity contribution in [3.05, 3.63) is 48.5 Å². The molecule has 3 rings (SSSR count). The number of sulfonamides is 1. The fourth-order valence-electron chi connectivity index (χ4n) is 3.25. The molecule has 0 aliphatic carbocycles. The normalized spacial score (nSPS) is 15.8. The standard InChI is InChI=1S/C21H30BN3O5S/c1-28-20-6-2-18(3-7-20)19-4-8-21(9-5-19)31(26,27)23-30-17-16-29-15-14-24-10-12-25(22)13-11-24/h2-9,23H,10-17,22H2,1H3. The van der Waals surface area contributed by atoms with Crippen molar-refractivity contribution in [3.63, 3.8) is 0 Å². The van der Waals surface area contributed by atoms with E-state index in [1.54, 1.807) is 31.4 Å². The Balaban J connectivity index is 1.37. The third-order valence-corrected chi connectivity index (χ3v) is 6.46. The molecule has 0 bridgehead atoms. The van der Waals surface area contributed by atoms with Crippen LogP contribution in [0.4, 0.5) is 0 Å². The van der Waals surface area contributed by atoms with Crippen LogP contribution in [0.2, 0.25) is 0 Å². The molecular formula is C21H30BN3O5S. The van der Waals surface area contributed by atoms with Gasteiger partial charge in [0.15, 0.2) is 7.98 Å². The molecule has 0 radical (unpaired) electrons. The van der Waals surface area contributed by atoms with E-state index in [2.05, 4.69) is 22.6 Å². The Labute approximate surface area is 185 Å². The van der Waals surface area contributed by atoms with Crippen LogP contribution in [0.1, 0.15) is 0 Å². The predicted molar refractivity (Wildman–Crippen MR) is 122 cm³/mol. The zero-order valence-electron chi connectivity index (χ0n) is 18.1. The van der Waals surface area contributed by atoms with E-state index >= 15 is 0 Å². The number of benzene rings is 2. The number of hydrogen-bond acceptors (Lipinski definition) is 7. The maximum Gasteiger partial charge on any atom is 0.262 e. The fourth-order valence-corrected chi connectivity index (χ4v) is 4.07. The molecule has 1 fully saturated rings. The number of methoxy groups -OCH3 is 1. The molecule has 10 heteroatoms. The van der Waals surface area contributed by atoms with E-state index < -0.39 is 10.0 Å². The fraction of sp³-hybridized carbons (Fsp3) is 0.429. The lowest BCUT2D eigenvalue weighted by Gasteiger charge is -2.32.